The van der Waals surface area contributed by atoms with E-state index in [9.17, 15) is 14.4 Å². The monoisotopic (exact) mass is 530 g/mol. The fourth-order valence-corrected chi connectivity index (χ4v) is 3.75. The van der Waals surface area contributed by atoms with Gasteiger partial charge in [0.1, 0.15) is 23.5 Å². The summed E-state index contributed by atoms with van der Waals surface area (Å²) in [6.07, 6.45) is 1.67. The Kier molecular flexibility index (Phi) is 7.93. The fourth-order valence-electron chi connectivity index (χ4n) is 3.75. The van der Waals surface area contributed by atoms with Crippen LogP contribution in [0.25, 0.3) is 11.5 Å². The summed E-state index contributed by atoms with van der Waals surface area (Å²) in [5, 5.41) is 23.2. The molecule has 1 aliphatic carbocycles. The molecule has 1 saturated carbocycles. The van der Waals surface area contributed by atoms with E-state index in [1.807, 2.05) is 23.5 Å². The minimum atomic E-state index is -0.517. The first-order chi connectivity index (χ1) is 18.4. The molecule has 0 spiro atoms. The summed E-state index contributed by atoms with van der Waals surface area (Å²) >= 11 is 0. The van der Waals surface area contributed by atoms with Crippen LogP contribution in [0.15, 0.2) is 28.8 Å². The van der Waals surface area contributed by atoms with Gasteiger partial charge >= 0.3 is 0 Å². The summed E-state index contributed by atoms with van der Waals surface area (Å²) in [5.41, 5.74) is 1.30. The summed E-state index contributed by atoms with van der Waals surface area (Å²) in [7, 11) is 7.05. The highest BCUT2D eigenvalue weighted by Gasteiger charge is 2.30. The van der Waals surface area contributed by atoms with Gasteiger partial charge in [0, 0.05) is 18.9 Å². The molecule has 2 aromatic heterocycles. The third-order valence-corrected chi connectivity index (χ3v) is 5.66. The number of benzene rings is 1. The molecular formula is C23H29B3N8O5. The molecule has 0 unspecified atom stereocenters. The molecule has 3 aromatic rings. The summed E-state index contributed by atoms with van der Waals surface area (Å²) in [6, 6.07) is 6.33. The lowest BCUT2D eigenvalue weighted by Gasteiger charge is -2.21. The number of nitrogens with one attached hydrogen (secondary N) is 4. The predicted molar refractivity (Wildman–Crippen MR) is 151 cm³/mol. The Morgan fingerprint density at radius 1 is 1.15 bits per heavy atom. The zero-order chi connectivity index (χ0) is 28.3. The van der Waals surface area contributed by atoms with E-state index in [0.29, 0.717) is 28.5 Å². The van der Waals surface area contributed by atoms with Crippen molar-refractivity contribution in [1.29, 1.82) is 0 Å². The SMILES string of the molecule is BC(B)(B)NC(=O)c1nnc(NC(=O)C2CC2)cc1Nc1cccc(-c2nc([C@H](C)NC(C)=O)no2)c1OC. The highest BCUT2D eigenvalue weighted by molar-refractivity contribution is 6.60. The van der Waals surface area contributed by atoms with Crippen molar-refractivity contribution in [3.8, 4) is 17.2 Å². The number of hydrogen-bond donors (Lipinski definition) is 4. The molecule has 4 N–H and O–H groups in total. The molecule has 1 aliphatic rings. The van der Waals surface area contributed by atoms with E-state index in [1.54, 1.807) is 31.2 Å². The average Bonchev–Trinajstić information content (AvgIpc) is 3.59. The van der Waals surface area contributed by atoms with Gasteiger partial charge in [-0.2, -0.15) is 4.98 Å². The van der Waals surface area contributed by atoms with Crippen LogP contribution in [0, 0.1) is 5.92 Å². The van der Waals surface area contributed by atoms with Crippen LogP contribution in [0.4, 0.5) is 17.2 Å². The number of rotatable bonds is 10. The molecule has 39 heavy (non-hydrogen) atoms. The minimum absolute atomic E-state index is 0.0310. The maximum Gasteiger partial charge on any atom is 0.272 e. The van der Waals surface area contributed by atoms with E-state index in [0.717, 1.165) is 12.8 Å². The number of aromatic nitrogens is 4. The third-order valence-electron chi connectivity index (χ3n) is 5.66. The van der Waals surface area contributed by atoms with Crippen molar-refractivity contribution < 1.29 is 23.6 Å². The molecule has 16 heteroatoms. The second kappa shape index (κ2) is 11.2. The van der Waals surface area contributed by atoms with Gasteiger partial charge in [-0.3, -0.25) is 14.4 Å². The first-order valence-corrected chi connectivity index (χ1v) is 12.5. The molecule has 13 nitrogen and oxygen atoms in total. The fraction of sp³-hybridized carbons (Fsp3) is 0.348. The topological polar surface area (TPSA) is 173 Å². The molecule has 3 amide bonds. The van der Waals surface area contributed by atoms with Crippen molar-refractivity contribution in [1.82, 2.24) is 31.0 Å². The molecule has 200 valence electrons. The Morgan fingerprint density at radius 2 is 1.90 bits per heavy atom. The van der Waals surface area contributed by atoms with Gasteiger partial charge < -0.3 is 30.5 Å². The highest BCUT2D eigenvalue weighted by Crippen LogP contribution is 2.38. The first kappa shape index (κ1) is 27.7. The zero-order valence-electron chi connectivity index (χ0n) is 22.7. The lowest BCUT2D eigenvalue weighted by molar-refractivity contribution is -0.119. The van der Waals surface area contributed by atoms with E-state index in [-0.39, 0.29) is 35.1 Å². The normalized spacial score (nSPS) is 13.7. The lowest BCUT2D eigenvalue weighted by Crippen LogP contribution is -2.50. The lowest BCUT2D eigenvalue weighted by atomic mass is 9.49. The molecule has 4 rings (SSSR count). The number of nitrogens with zero attached hydrogens (tertiary/aromatic N) is 4. The van der Waals surface area contributed by atoms with E-state index < -0.39 is 17.2 Å². The van der Waals surface area contributed by atoms with Gasteiger partial charge in [-0.15, -0.1) is 10.2 Å². The van der Waals surface area contributed by atoms with E-state index in [4.69, 9.17) is 9.26 Å². The van der Waals surface area contributed by atoms with Crippen LogP contribution in [-0.2, 0) is 9.59 Å². The number of hydrogen-bond acceptors (Lipinski definition) is 10. The summed E-state index contributed by atoms with van der Waals surface area (Å²) in [5.74, 6) is 0.227. The van der Waals surface area contributed by atoms with Gasteiger partial charge in [-0.05, 0) is 37.1 Å². The van der Waals surface area contributed by atoms with Crippen molar-refractivity contribution in [2.75, 3.05) is 17.7 Å². The largest absolute Gasteiger partial charge is 0.494 e. The van der Waals surface area contributed by atoms with Crippen LogP contribution in [0.1, 0.15) is 49.0 Å². The van der Waals surface area contributed by atoms with Crippen molar-refractivity contribution >= 4 is 58.5 Å². The smallest absolute Gasteiger partial charge is 0.272 e. The number of methoxy groups -OCH3 is 1. The molecule has 0 saturated heterocycles. The second-order valence-corrected chi connectivity index (χ2v) is 10.4. The maximum absolute atomic E-state index is 13.1. The maximum atomic E-state index is 13.1. The second-order valence-electron chi connectivity index (χ2n) is 10.4. The van der Waals surface area contributed by atoms with Gasteiger partial charge in [0.25, 0.3) is 11.8 Å². The van der Waals surface area contributed by atoms with Gasteiger partial charge in [0.05, 0.1) is 30.1 Å². The van der Waals surface area contributed by atoms with Crippen LogP contribution in [0.3, 0.4) is 0 Å². The van der Waals surface area contributed by atoms with Crippen LogP contribution in [0.2, 0.25) is 0 Å². The molecule has 0 bridgehead atoms. The number of ether oxygens (including phenoxy) is 1. The standard InChI is InChI=1S/C23H29B3N8O5/c1-10(27-11(2)35)19-30-22(39-34-19)13-5-4-6-14(18(13)38-3)28-15-9-16(29-20(36)12-7-8-12)32-33-17(15)21(37)31-23(24,25)26/h4-6,9-10,12H,7-8,24-26H2,1-3H3,(H,27,35)(H,31,37)(H2,28,29,32,36)/t10-/m0/s1. The minimum Gasteiger partial charge on any atom is -0.494 e. The Bertz CT molecular complexity index is 1410. The van der Waals surface area contributed by atoms with Gasteiger partial charge in [-0.25, -0.2) is 0 Å². The summed E-state index contributed by atoms with van der Waals surface area (Å²) in [4.78, 5) is 41.2. The van der Waals surface area contributed by atoms with Crippen LogP contribution in [0.5, 0.6) is 5.75 Å². The van der Waals surface area contributed by atoms with E-state index in [1.165, 1.54) is 14.0 Å². The Hall–Kier alpha value is -4.36. The van der Waals surface area contributed by atoms with E-state index >= 15 is 0 Å². The van der Waals surface area contributed by atoms with Crippen molar-refractivity contribution in [3.63, 3.8) is 0 Å². The zero-order valence-corrected chi connectivity index (χ0v) is 22.7. The van der Waals surface area contributed by atoms with Crippen molar-refractivity contribution in [2.45, 2.75) is 38.0 Å². The first-order valence-electron chi connectivity index (χ1n) is 12.5. The van der Waals surface area contributed by atoms with E-state index in [2.05, 4.69) is 41.6 Å². The predicted octanol–water partition coefficient (Wildman–Crippen LogP) is -0.935. The molecular weight excluding hydrogens is 501 g/mol. The molecule has 0 radical (unpaired) electrons. The number of carbonyl (C=O) groups excluding carboxylic acids is 3. The van der Waals surface area contributed by atoms with Crippen molar-refractivity contribution in [3.05, 3.63) is 35.8 Å². The summed E-state index contributed by atoms with van der Waals surface area (Å²) < 4.78 is 11.1. The summed E-state index contributed by atoms with van der Waals surface area (Å²) in [6.45, 7) is 3.15. The molecule has 1 atom stereocenters. The Labute approximate surface area is 227 Å². The van der Waals surface area contributed by atoms with Crippen LogP contribution >= 0.6 is 0 Å². The number of carbonyl (C=O) groups is 3. The van der Waals surface area contributed by atoms with Crippen LogP contribution in [-0.4, -0.2) is 73.9 Å². The number of amides is 3. The Balaban J connectivity index is 1.69. The highest BCUT2D eigenvalue weighted by atomic mass is 16.5. The van der Waals surface area contributed by atoms with Gasteiger partial charge in [0.15, 0.2) is 23.1 Å². The van der Waals surface area contributed by atoms with Crippen molar-refractivity contribution in [2.24, 2.45) is 5.92 Å². The third kappa shape index (κ3) is 6.95. The average molecular weight is 530 g/mol. The molecule has 0 aliphatic heterocycles. The molecule has 1 fully saturated rings. The quantitative estimate of drug-likeness (QED) is 0.240. The number of para-hydroxylation sites is 1. The number of anilines is 3. The van der Waals surface area contributed by atoms with Crippen LogP contribution < -0.4 is 26.0 Å². The van der Waals surface area contributed by atoms with Gasteiger partial charge in [0.2, 0.25) is 11.8 Å². The Morgan fingerprint density at radius 3 is 2.54 bits per heavy atom. The molecule has 2 heterocycles. The molecule has 1 aromatic carbocycles. The van der Waals surface area contributed by atoms with Gasteiger partial charge in [-0.1, -0.05) is 11.2 Å².